The number of rotatable bonds is 7. The average Bonchev–Trinajstić information content (AvgIpc) is 2.99. The van der Waals surface area contributed by atoms with E-state index in [0.717, 1.165) is 55.8 Å². The summed E-state index contributed by atoms with van der Waals surface area (Å²) in [4.78, 5) is 26.3. The van der Waals surface area contributed by atoms with E-state index in [0.29, 0.717) is 6.54 Å². The summed E-state index contributed by atoms with van der Waals surface area (Å²) < 4.78 is 0. The molecule has 156 valence electrons. The molecule has 0 aromatic carbocycles. The summed E-state index contributed by atoms with van der Waals surface area (Å²) in [7, 11) is 0. The van der Waals surface area contributed by atoms with Crippen LogP contribution in [0.15, 0.2) is 6.33 Å². The summed E-state index contributed by atoms with van der Waals surface area (Å²) in [5.74, 6) is 1.25. The van der Waals surface area contributed by atoms with Gasteiger partial charge in [-0.25, -0.2) is 9.97 Å². The highest BCUT2D eigenvalue weighted by atomic mass is 35.5. The number of carbonyl (C=O) groups is 1. The van der Waals surface area contributed by atoms with Gasteiger partial charge in [0.25, 0.3) is 0 Å². The first-order valence-electron chi connectivity index (χ1n) is 10.0. The van der Waals surface area contributed by atoms with Gasteiger partial charge in [-0.05, 0) is 38.7 Å². The molecule has 1 saturated heterocycles. The molecule has 0 radical (unpaired) electrons. The number of nitrogens with one attached hydrogen (secondary N) is 1. The summed E-state index contributed by atoms with van der Waals surface area (Å²) in [6, 6.07) is 0.105. The van der Waals surface area contributed by atoms with Crippen LogP contribution in [0.3, 0.4) is 0 Å². The monoisotopic (exact) mass is 425 g/mol. The predicted molar refractivity (Wildman–Crippen MR) is 120 cm³/mol. The number of fused-ring (bicyclic) bond motifs is 1. The van der Waals surface area contributed by atoms with E-state index in [9.17, 15) is 4.79 Å². The quantitative estimate of drug-likeness (QED) is 0.708. The molecule has 0 spiro atoms. The van der Waals surface area contributed by atoms with Gasteiger partial charge >= 0.3 is 0 Å². The Hall–Kier alpha value is -1.44. The van der Waals surface area contributed by atoms with Crippen molar-refractivity contribution in [1.29, 1.82) is 0 Å². The molecule has 1 aliphatic rings. The smallest absolute Gasteiger partial charge is 0.223 e. The third-order valence-electron chi connectivity index (χ3n) is 5.65. The Balaban J connectivity index is 0.00000280. The van der Waals surface area contributed by atoms with Gasteiger partial charge in [-0.1, -0.05) is 19.8 Å². The van der Waals surface area contributed by atoms with Crippen molar-refractivity contribution in [2.75, 3.05) is 24.5 Å². The number of nitrogens with two attached hydrogens (primary N) is 1. The maximum atomic E-state index is 12.6. The standard InChI is InChI=1S/C20H31N5OS.ClH/c1-4-5-6-16(11-21)24-19(26)15-7-9-25(10-8-15)18-17-13(2)14(3)27-20(17)23-12-22-18;/h12,15-16H,4-11,21H2,1-3H3,(H,24,26);1H. The van der Waals surface area contributed by atoms with E-state index in [2.05, 4.69) is 41.0 Å². The molecule has 0 aliphatic carbocycles. The van der Waals surface area contributed by atoms with E-state index in [-0.39, 0.29) is 30.3 Å². The number of amides is 1. The van der Waals surface area contributed by atoms with Crippen LogP contribution in [0, 0.1) is 19.8 Å². The first-order chi connectivity index (χ1) is 13.0. The Kier molecular flexibility index (Phi) is 8.46. The molecular formula is C20H32ClN5OS. The molecule has 1 amide bonds. The van der Waals surface area contributed by atoms with Gasteiger partial charge in [0.15, 0.2) is 0 Å². The highest BCUT2D eigenvalue weighted by Gasteiger charge is 2.28. The van der Waals surface area contributed by atoms with Gasteiger partial charge in [0.2, 0.25) is 5.91 Å². The van der Waals surface area contributed by atoms with Crippen molar-refractivity contribution in [2.24, 2.45) is 11.7 Å². The van der Waals surface area contributed by atoms with Gasteiger partial charge in [-0.15, -0.1) is 23.7 Å². The number of hydrogen-bond acceptors (Lipinski definition) is 6. The van der Waals surface area contributed by atoms with Crippen LogP contribution in [0.25, 0.3) is 10.2 Å². The molecular weight excluding hydrogens is 394 g/mol. The van der Waals surface area contributed by atoms with Crippen molar-refractivity contribution >= 4 is 45.7 Å². The van der Waals surface area contributed by atoms with Crippen LogP contribution in [-0.2, 0) is 4.79 Å². The number of nitrogens with zero attached hydrogens (tertiary/aromatic N) is 3. The van der Waals surface area contributed by atoms with Crippen LogP contribution in [0.1, 0.15) is 49.5 Å². The normalized spacial score (nSPS) is 16.1. The molecule has 1 atom stereocenters. The SMILES string of the molecule is CCCCC(CN)NC(=O)C1CCN(c2ncnc3sc(C)c(C)c23)CC1.Cl. The molecule has 8 heteroatoms. The minimum absolute atomic E-state index is 0. The molecule has 3 rings (SSSR count). The maximum Gasteiger partial charge on any atom is 0.223 e. The van der Waals surface area contributed by atoms with E-state index in [1.165, 1.54) is 15.8 Å². The molecule has 28 heavy (non-hydrogen) atoms. The minimum atomic E-state index is 0. The molecule has 3 N–H and O–H groups in total. The van der Waals surface area contributed by atoms with E-state index in [4.69, 9.17) is 5.73 Å². The molecule has 1 unspecified atom stereocenters. The highest BCUT2D eigenvalue weighted by Crippen LogP contribution is 2.35. The van der Waals surface area contributed by atoms with Crippen molar-refractivity contribution in [3.8, 4) is 0 Å². The average molecular weight is 426 g/mol. The fourth-order valence-corrected chi connectivity index (χ4v) is 4.77. The zero-order valence-electron chi connectivity index (χ0n) is 17.0. The van der Waals surface area contributed by atoms with Gasteiger partial charge in [0.1, 0.15) is 17.0 Å². The first-order valence-corrected chi connectivity index (χ1v) is 10.8. The zero-order valence-corrected chi connectivity index (χ0v) is 18.7. The number of piperidine rings is 1. The second kappa shape index (κ2) is 10.4. The van der Waals surface area contributed by atoms with Crippen LogP contribution >= 0.6 is 23.7 Å². The zero-order chi connectivity index (χ0) is 19.4. The maximum absolute atomic E-state index is 12.6. The van der Waals surface area contributed by atoms with E-state index in [1.807, 2.05) is 0 Å². The van der Waals surface area contributed by atoms with Crippen molar-refractivity contribution < 1.29 is 4.79 Å². The molecule has 6 nitrogen and oxygen atoms in total. The van der Waals surface area contributed by atoms with Gasteiger partial charge < -0.3 is 16.0 Å². The van der Waals surface area contributed by atoms with Crippen LogP contribution in [0.5, 0.6) is 0 Å². The Morgan fingerprint density at radius 2 is 2.07 bits per heavy atom. The van der Waals surface area contributed by atoms with E-state index < -0.39 is 0 Å². The van der Waals surface area contributed by atoms with Crippen molar-refractivity contribution in [3.05, 3.63) is 16.8 Å². The van der Waals surface area contributed by atoms with Crippen LogP contribution in [0.4, 0.5) is 5.82 Å². The second-order valence-electron chi connectivity index (χ2n) is 7.51. The third-order valence-corrected chi connectivity index (χ3v) is 6.76. The van der Waals surface area contributed by atoms with Gasteiger partial charge in [0.05, 0.1) is 5.39 Å². The Morgan fingerprint density at radius 3 is 2.71 bits per heavy atom. The fourth-order valence-electron chi connectivity index (χ4n) is 3.78. The molecule has 0 saturated carbocycles. The molecule has 3 heterocycles. The topological polar surface area (TPSA) is 84.1 Å². The number of thiophene rings is 1. The fraction of sp³-hybridized carbons (Fsp3) is 0.650. The molecule has 1 fully saturated rings. The molecule has 2 aromatic rings. The van der Waals surface area contributed by atoms with Crippen LogP contribution in [-0.4, -0.2) is 41.6 Å². The van der Waals surface area contributed by atoms with Crippen molar-refractivity contribution in [1.82, 2.24) is 15.3 Å². The summed E-state index contributed by atoms with van der Waals surface area (Å²) in [5, 5.41) is 4.33. The highest BCUT2D eigenvalue weighted by molar-refractivity contribution is 7.18. The summed E-state index contributed by atoms with van der Waals surface area (Å²) >= 11 is 1.72. The predicted octanol–water partition coefficient (Wildman–Crippen LogP) is 3.58. The third kappa shape index (κ3) is 4.93. The minimum Gasteiger partial charge on any atom is -0.356 e. The number of aromatic nitrogens is 2. The molecule has 2 aromatic heterocycles. The lowest BCUT2D eigenvalue weighted by atomic mass is 9.95. The lowest BCUT2D eigenvalue weighted by Crippen LogP contribution is -2.46. The summed E-state index contributed by atoms with van der Waals surface area (Å²) in [5.41, 5.74) is 7.09. The van der Waals surface area contributed by atoms with Gasteiger partial charge in [0, 0.05) is 36.5 Å². The van der Waals surface area contributed by atoms with Crippen molar-refractivity contribution in [2.45, 2.75) is 58.9 Å². The lowest BCUT2D eigenvalue weighted by molar-refractivity contribution is -0.126. The Bertz CT molecular complexity index is 788. The number of halogens is 1. The Morgan fingerprint density at radius 1 is 1.36 bits per heavy atom. The summed E-state index contributed by atoms with van der Waals surface area (Å²) in [6.45, 7) is 8.65. The largest absolute Gasteiger partial charge is 0.356 e. The first kappa shape index (κ1) is 22.8. The van der Waals surface area contributed by atoms with E-state index >= 15 is 0 Å². The number of aryl methyl sites for hydroxylation is 2. The molecule has 0 bridgehead atoms. The van der Waals surface area contributed by atoms with Crippen LogP contribution < -0.4 is 16.0 Å². The van der Waals surface area contributed by atoms with E-state index in [1.54, 1.807) is 17.7 Å². The van der Waals surface area contributed by atoms with Crippen molar-refractivity contribution in [3.63, 3.8) is 0 Å². The lowest BCUT2D eigenvalue weighted by Gasteiger charge is -2.33. The number of unbranched alkanes of at least 4 members (excludes halogenated alkanes) is 1. The molecule has 1 aliphatic heterocycles. The van der Waals surface area contributed by atoms with Crippen LogP contribution in [0.2, 0.25) is 0 Å². The number of hydrogen-bond donors (Lipinski definition) is 2. The number of carbonyl (C=O) groups excluding carboxylic acids is 1. The van der Waals surface area contributed by atoms with Gasteiger partial charge in [-0.2, -0.15) is 0 Å². The summed E-state index contributed by atoms with van der Waals surface area (Å²) in [6.07, 6.45) is 6.55. The number of anilines is 1. The second-order valence-corrected chi connectivity index (χ2v) is 8.71. The Labute approximate surface area is 177 Å². The van der Waals surface area contributed by atoms with Gasteiger partial charge in [-0.3, -0.25) is 4.79 Å².